The quantitative estimate of drug-likeness (QED) is 0.856. The van der Waals surface area contributed by atoms with Crippen LogP contribution in [-0.2, 0) is 21.2 Å². The van der Waals surface area contributed by atoms with Gasteiger partial charge in [0.1, 0.15) is 0 Å². The smallest absolute Gasteiger partial charge is 0.240 e. The van der Waals surface area contributed by atoms with Gasteiger partial charge in [-0.1, -0.05) is 23.7 Å². The summed E-state index contributed by atoms with van der Waals surface area (Å²) in [5.41, 5.74) is 2.38. The van der Waals surface area contributed by atoms with E-state index in [1.807, 2.05) is 12.1 Å². The molecule has 126 valence electrons. The van der Waals surface area contributed by atoms with Crippen LogP contribution in [0.1, 0.15) is 24.0 Å². The molecule has 1 heterocycles. The molecule has 1 amide bonds. The van der Waals surface area contributed by atoms with Gasteiger partial charge in [-0.2, -0.15) is 0 Å². The van der Waals surface area contributed by atoms with Gasteiger partial charge in [-0.25, -0.2) is 13.1 Å². The first-order chi connectivity index (χ1) is 11.4. The zero-order valence-electron chi connectivity index (χ0n) is 13.0. The maximum Gasteiger partial charge on any atom is 0.240 e. The molecule has 0 saturated heterocycles. The van der Waals surface area contributed by atoms with Crippen LogP contribution in [0.5, 0.6) is 0 Å². The van der Waals surface area contributed by atoms with E-state index in [-0.39, 0.29) is 23.3 Å². The number of benzene rings is 2. The van der Waals surface area contributed by atoms with Gasteiger partial charge in [0.05, 0.1) is 10.8 Å². The average molecular weight is 365 g/mol. The second-order valence-electron chi connectivity index (χ2n) is 5.73. The van der Waals surface area contributed by atoms with Gasteiger partial charge < -0.3 is 5.32 Å². The Morgan fingerprint density at radius 1 is 1.17 bits per heavy atom. The van der Waals surface area contributed by atoms with Gasteiger partial charge >= 0.3 is 0 Å². The molecule has 2 N–H and O–H groups in total. The Kier molecular flexibility index (Phi) is 4.62. The van der Waals surface area contributed by atoms with Gasteiger partial charge in [0.25, 0.3) is 0 Å². The van der Waals surface area contributed by atoms with Crippen molar-refractivity contribution < 1.29 is 13.2 Å². The minimum Gasteiger partial charge on any atom is -0.325 e. The van der Waals surface area contributed by atoms with Gasteiger partial charge in [0.2, 0.25) is 15.9 Å². The number of nitrogens with one attached hydrogen (secondary N) is 2. The molecule has 2 aromatic carbocycles. The molecule has 0 bridgehead atoms. The van der Waals surface area contributed by atoms with Crippen molar-refractivity contribution in [3.63, 3.8) is 0 Å². The van der Waals surface area contributed by atoms with Crippen molar-refractivity contribution in [2.24, 2.45) is 0 Å². The highest BCUT2D eigenvalue weighted by Gasteiger charge is 2.28. The lowest BCUT2D eigenvalue weighted by molar-refractivity contribution is -0.116. The normalized spacial score (nSPS) is 16.8. The minimum atomic E-state index is -3.62. The number of sulfonamides is 1. The molecule has 0 aromatic heterocycles. The molecule has 0 spiro atoms. The summed E-state index contributed by atoms with van der Waals surface area (Å²) in [5, 5.41) is 3.38. The van der Waals surface area contributed by atoms with E-state index in [2.05, 4.69) is 10.0 Å². The number of amides is 1. The predicted molar refractivity (Wildman–Crippen MR) is 93.8 cm³/mol. The fraction of sp³-hybridized carbons (Fsp3) is 0.235. The number of rotatable bonds is 5. The summed E-state index contributed by atoms with van der Waals surface area (Å²) < 4.78 is 27.4. The highest BCUT2D eigenvalue weighted by Crippen LogP contribution is 2.33. The molecule has 7 heteroatoms. The molecule has 0 unspecified atom stereocenters. The molecule has 1 atom stereocenters. The molecule has 0 radical (unpaired) electrons. The monoisotopic (exact) mass is 364 g/mol. The lowest BCUT2D eigenvalue weighted by atomic mass is 10.0. The fourth-order valence-electron chi connectivity index (χ4n) is 2.63. The van der Waals surface area contributed by atoms with Crippen LogP contribution in [0.2, 0.25) is 5.02 Å². The highest BCUT2D eigenvalue weighted by molar-refractivity contribution is 7.89. The lowest BCUT2D eigenvalue weighted by Gasteiger charge is -2.09. The summed E-state index contributed by atoms with van der Waals surface area (Å²) >= 11 is 5.83. The van der Waals surface area contributed by atoms with Crippen molar-refractivity contribution in [3.05, 3.63) is 58.6 Å². The largest absolute Gasteiger partial charge is 0.325 e. The fourth-order valence-corrected chi connectivity index (χ4v) is 3.82. The number of hydrogen-bond donors (Lipinski definition) is 2. The molecule has 0 fully saturated rings. The molecule has 1 aliphatic heterocycles. The third kappa shape index (κ3) is 3.45. The van der Waals surface area contributed by atoms with E-state index < -0.39 is 10.0 Å². The standard InChI is InChI=1S/C17H17ClN2O3S/c1-11-15-10-14(6-7-16(15)20-17(11)21)24(22,23)19-9-8-12-2-4-13(18)5-3-12/h2-7,10-11,19H,8-9H2,1H3,(H,20,21)/t11-/m1/s1. The van der Waals surface area contributed by atoms with Crippen molar-refractivity contribution >= 4 is 33.2 Å². The van der Waals surface area contributed by atoms with Gasteiger partial charge in [-0.15, -0.1) is 0 Å². The first kappa shape index (κ1) is 17.0. The van der Waals surface area contributed by atoms with Crippen molar-refractivity contribution in [3.8, 4) is 0 Å². The second kappa shape index (κ2) is 6.55. The van der Waals surface area contributed by atoms with Crippen LogP contribution in [-0.4, -0.2) is 20.9 Å². The summed E-state index contributed by atoms with van der Waals surface area (Å²) in [5.74, 6) is -0.459. The van der Waals surface area contributed by atoms with Gasteiger partial charge in [0.15, 0.2) is 0 Å². The molecule has 3 rings (SSSR count). The van der Waals surface area contributed by atoms with Crippen LogP contribution in [0.4, 0.5) is 5.69 Å². The summed E-state index contributed by atoms with van der Waals surface area (Å²) in [7, 11) is -3.62. The van der Waals surface area contributed by atoms with E-state index in [1.165, 1.54) is 6.07 Å². The highest BCUT2D eigenvalue weighted by atomic mass is 35.5. The maximum absolute atomic E-state index is 12.4. The van der Waals surface area contributed by atoms with Crippen molar-refractivity contribution in [1.29, 1.82) is 0 Å². The molecule has 2 aromatic rings. The number of hydrogen-bond acceptors (Lipinski definition) is 3. The van der Waals surface area contributed by atoms with Crippen molar-refractivity contribution in [2.75, 3.05) is 11.9 Å². The Labute approximate surface area is 146 Å². The third-order valence-corrected chi connectivity index (χ3v) is 5.78. The Bertz CT molecular complexity index is 879. The molecule has 5 nitrogen and oxygen atoms in total. The minimum absolute atomic E-state index is 0.116. The number of carbonyl (C=O) groups is 1. The van der Waals surface area contributed by atoms with Crippen LogP contribution in [0.3, 0.4) is 0 Å². The topological polar surface area (TPSA) is 75.3 Å². The third-order valence-electron chi connectivity index (χ3n) is 4.07. The van der Waals surface area contributed by atoms with Gasteiger partial charge in [0, 0.05) is 17.3 Å². The van der Waals surface area contributed by atoms with Gasteiger partial charge in [-0.05, 0) is 54.8 Å². The zero-order valence-corrected chi connectivity index (χ0v) is 14.6. The van der Waals surface area contributed by atoms with Crippen LogP contribution >= 0.6 is 11.6 Å². The lowest BCUT2D eigenvalue weighted by Crippen LogP contribution is -2.26. The molecule has 0 saturated carbocycles. The predicted octanol–water partition coefficient (Wildman–Crippen LogP) is 2.92. The molecular formula is C17H17ClN2O3S. The first-order valence-electron chi connectivity index (χ1n) is 7.56. The van der Waals surface area contributed by atoms with E-state index in [9.17, 15) is 13.2 Å². The Balaban J connectivity index is 1.70. The molecule has 0 aliphatic carbocycles. The van der Waals surface area contributed by atoms with Crippen LogP contribution < -0.4 is 10.0 Å². The zero-order chi connectivity index (χ0) is 17.3. The average Bonchev–Trinajstić information content (AvgIpc) is 2.83. The van der Waals surface area contributed by atoms with E-state index in [0.717, 1.165) is 5.56 Å². The van der Waals surface area contributed by atoms with E-state index in [4.69, 9.17) is 11.6 Å². The Morgan fingerprint density at radius 2 is 1.88 bits per heavy atom. The van der Waals surface area contributed by atoms with Crippen LogP contribution in [0.25, 0.3) is 0 Å². The summed E-state index contributed by atoms with van der Waals surface area (Å²) in [6.07, 6.45) is 0.567. The van der Waals surface area contributed by atoms with Crippen LogP contribution in [0, 0.1) is 0 Å². The number of carbonyl (C=O) groups excluding carboxylic acids is 1. The number of anilines is 1. The Morgan fingerprint density at radius 3 is 2.58 bits per heavy atom. The molecule has 24 heavy (non-hydrogen) atoms. The van der Waals surface area contributed by atoms with Crippen molar-refractivity contribution in [1.82, 2.24) is 4.72 Å². The van der Waals surface area contributed by atoms with Gasteiger partial charge in [-0.3, -0.25) is 4.79 Å². The summed E-state index contributed by atoms with van der Waals surface area (Å²) in [6, 6.07) is 12.0. The van der Waals surface area contributed by atoms with Crippen molar-refractivity contribution in [2.45, 2.75) is 24.2 Å². The summed E-state index contributed by atoms with van der Waals surface area (Å²) in [6.45, 7) is 2.04. The number of halogens is 1. The van der Waals surface area contributed by atoms with E-state index in [0.29, 0.717) is 22.7 Å². The molecular weight excluding hydrogens is 348 g/mol. The SMILES string of the molecule is C[C@H]1C(=O)Nc2ccc(S(=O)(=O)NCCc3ccc(Cl)cc3)cc21. The maximum atomic E-state index is 12.4. The first-order valence-corrected chi connectivity index (χ1v) is 9.42. The Hall–Kier alpha value is -1.89. The van der Waals surface area contributed by atoms with E-state index in [1.54, 1.807) is 31.2 Å². The molecule has 1 aliphatic rings. The van der Waals surface area contributed by atoms with E-state index >= 15 is 0 Å². The van der Waals surface area contributed by atoms with Crippen LogP contribution in [0.15, 0.2) is 47.4 Å². The summed E-state index contributed by atoms with van der Waals surface area (Å²) in [4.78, 5) is 11.8. The number of fused-ring (bicyclic) bond motifs is 1. The second-order valence-corrected chi connectivity index (χ2v) is 7.94.